The average molecular weight is 275 g/mol. The molecule has 1 aliphatic heterocycles. The van der Waals surface area contributed by atoms with Crippen LogP contribution in [-0.2, 0) is 0 Å². The molecule has 2 N–H and O–H groups in total. The summed E-state index contributed by atoms with van der Waals surface area (Å²) in [7, 11) is 0. The lowest BCUT2D eigenvalue weighted by Gasteiger charge is -2.38. The van der Waals surface area contributed by atoms with Crippen molar-refractivity contribution in [1.29, 1.82) is 0 Å². The fourth-order valence-electron chi connectivity index (χ4n) is 2.68. The number of anilines is 1. The molecule has 1 aromatic carbocycles. The maximum Gasteiger partial charge on any atom is 0.254 e. The maximum atomic E-state index is 12.6. The molecule has 1 saturated heterocycles. The molecule has 1 aromatic rings. The lowest BCUT2D eigenvalue weighted by molar-refractivity contribution is 0.0579. The van der Waals surface area contributed by atoms with Gasteiger partial charge >= 0.3 is 0 Å². The number of piperazine rings is 1. The number of hydrogen-bond acceptors (Lipinski definition) is 3. The Hall–Kier alpha value is -1.55. The van der Waals surface area contributed by atoms with Gasteiger partial charge in [0.25, 0.3) is 5.91 Å². The summed E-state index contributed by atoms with van der Waals surface area (Å²) in [5.74, 6) is 0.110. The first-order chi connectivity index (χ1) is 9.54. The van der Waals surface area contributed by atoms with Gasteiger partial charge in [0.15, 0.2) is 0 Å². The fourth-order valence-corrected chi connectivity index (χ4v) is 2.68. The first kappa shape index (κ1) is 14.9. The summed E-state index contributed by atoms with van der Waals surface area (Å²) in [6, 6.07) is 6.16. The molecule has 1 heterocycles. The van der Waals surface area contributed by atoms with E-state index in [1.54, 1.807) is 0 Å². The molecule has 1 aliphatic rings. The molecule has 1 fully saturated rings. The number of nitrogens with two attached hydrogens (primary N) is 1. The summed E-state index contributed by atoms with van der Waals surface area (Å²) in [5.41, 5.74) is 8.21. The highest BCUT2D eigenvalue weighted by molar-refractivity contribution is 5.97. The molecule has 1 amide bonds. The highest BCUT2D eigenvalue weighted by atomic mass is 16.2. The summed E-state index contributed by atoms with van der Waals surface area (Å²) in [5, 5.41) is 0. The molecular weight excluding hydrogens is 250 g/mol. The number of carbonyl (C=O) groups is 1. The second-order valence-corrected chi connectivity index (χ2v) is 5.61. The third kappa shape index (κ3) is 2.96. The Morgan fingerprint density at radius 3 is 2.55 bits per heavy atom. The SMILES string of the molecule is CCC(C)N1CCN(C(=O)c2cccc(N)c2C)CC1. The van der Waals surface area contributed by atoms with E-state index < -0.39 is 0 Å². The standard InChI is InChI=1S/C16H25N3O/c1-4-12(2)18-8-10-19(11-9-18)16(20)14-6-5-7-15(17)13(14)3/h5-7,12H,4,8-11,17H2,1-3H3. The topological polar surface area (TPSA) is 49.6 Å². The van der Waals surface area contributed by atoms with Crippen molar-refractivity contribution in [2.75, 3.05) is 31.9 Å². The summed E-state index contributed by atoms with van der Waals surface area (Å²) in [6.07, 6.45) is 1.16. The van der Waals surface area contributed by atoms with Gasteiger partial charge < -0.3 is 10.6 Å². The summed E-state index contributed by atoms with van der Waals surface area (Å²) < 4.78 is 0. The van der Waals surface area contributed by atoms with Crippen molar-refractivity contribution >= 4 is 11.6 Å². The first-order valence-electron chi connectivity index (χ1n) is 7.43. The van der Waals surface area contributed by atoms with Crippen LogP contribution in [0.1, 0.15) is 36.2 Å². The quantitative estimate of drug-likeness (QED) is 0.860. The van der Waals surface area contributed by atoms with E-state index in [0.29, 0.717) is 11.7 Å². The van der Waals surface area contributed by atoms with Crippen LogP contribution in [-0.4, -0.2) is 47.9 Å². The van der Waals surface area contributed by atoms with E-state index in [4.69, 9.17) is 5.73 Å². The second-order valence-electron chi connectivity index (χ2n) is 5.61. The minimum Gasteiger partial charge on any atom is -0.398 e. The normalized spacial score (nSPS) is 18.1. The van der Waals surface area contributed by atoms with Gasteiger partial charge in [0.05, 0.1) is 0 Å². The Kier molecular flexibility index (Phi) is 4.65. The van der Waals surface area contributed by atoms with E-state index in [1.807, 2.05) is 30.0 Å². The summed E-state index contributed by atoms with van der Waals surface area (Å²) in [4.78, 5) is 17.0. The Labute approximate surface area is 121 Å². The van der Waals surface area contributed by atoms with Crippen LogP contribution < -0.4 is 5.73 Å². The van der Waals surface area contributed by atoms with Gasteiger partial charge in [-0.05, 0) is 38.0 Å². The molecule has 0 bridgehead atoms. The van der Waals surface area contributed by atoms with Crippen LogP contribution in [0.15, 0.2) is 18.2 Å². The molecule has 4 heteroatoms. The molecule has 4 nitrogen and oxygen atoms in total. The summed E-state index contributed by atoms with van der Waals surface area (Å²) in [6.45, 7) is 9.90. The van der Waals surface area contributed by atoms with Crippen molar-refractivity contribution in [2.45, 2.75) is 33.2 Å². The molecule has 1 atom stereocenters. The van der Waals surface area contributed by atoms with Crippen molar-refractivity contribution in [2.24, 2.45) is 0 Å². The van der Waals surface area contributed by atoms with Gasteiger partial charge in [-0.25, -0.2) is 0 Å². The monoisotopic (exact) mass is 275 g/mol. The molecule has 110 valence electrons. The van der Waals surface area contributed by atoms with Crippen LogP contribution in [0.3, 0.4) is 0 Å². The smallest absolute Gasteiger partial charge is 0.254 e. The highest BCUT2D eigenvalue weighted by Crippen LogP contribution is 2.18. The van der Waals surface area contributed by atoms with Crippen molar-refractivity contribution in [1.82, 2.24) is 9.80 Å². The van der Waals surface area contributed by atoms with Gasteiger partial charge in [0.2, 0.25) is 0 Å². The van der Waals surface area contributed by atoms with Gasteiger partial charge in [0.1, 0.15) is 0 Å². The number of hydrogen-bond donors (Lipinski definition) is 1. The molecular formula is C16H25N3O. The van der Waals surface area contributed by atoms with Crippen LogP contribution in [0.25, 0.3) is 0 Å². The second kappa shape index (κ2) is 6.27. The zero-order chi connectivity index (χ0) is 14.7. The van der Waals surface area contributed by atoms with Crippen LogP contribution >= 0.6 is 0 Å². The number of benzene rings is 1. The van der Waals surface area contributed by atoms with Gasteiger partial charge in [-0.15, -0.1) is 0 Å². The van der Waals surface area contributed by atoms with Crippen molar-refractivity contribution in [3.05, 3.63) is 29.3 Å². The molecule has 2 rings (SSSR count). The van der Waals surface area contributed by atoms with E-state index in [0.717, 1.165) is 43.7 Å². The minimum atomic E-state index is 0.110. The van der Waals surface area contributed by atoms with E-state index in [2.05, 4.69) is 18.7 Å². The van der Waals surface area contributed by atoms with Gasteiger partial charge in [-0.1, -0.05) is 13.0 Å². The Bertz CT molecular complexity index is 479. The fraction of sp³-hybridized carbons (Fsp3) is 0.562. The van der Waals surface area contributed by atoms with Gasteiger partial charge in [-0.2, -0.15) is 0 Å². The number of carbonyl (C=O) groups excluding carboxylic acids is 1. The van der Waals surface area contributed by atoms with E-state index in [1.165, 1.54) is 0 Å². The lowest BCUT2D eigenvalue weighted by Crippen LogP contribution is -2.51. The van der Waals surface area contributed by atoms with Gasteiger partial charge in [0, 0.05) is 43.5 Å². The first-order valence-corrected chi connectivity index (χ1v) is 7.43. The lowest BCUT2D eigenvalue weighted by atomic mass is 10.1. The molecule has 0 spiro atoms. The molecule has 0 aromatic heterocycles. The largest absolute Gasteiger partial charge is 0.398 e. The third-order valence-corrected chi connectivity index (χ3v) is 4.42. The molecule has 0 aliphatic carbocycles. The Morgan fingerprint density at radius 1 is 1.30 bits per heavy atom. The zero-order valence-electron chi connectivity index (χ0n) is 12.7. The Balaban J connectivity index is 2.03. The molecule has 0 radical (unpaired) electrons. The van der Waals surface area contributed by atoms with Crippen LogP contribution in [0.2, 0.25) is 0 Å². The predicted molar refractivity (Wildman–Crippen MR) is 82.8 cm³/mol. The molecule has 0 saturated carbocycles. The molecule has 1 unspecified atom stereocenters. The average Bonchev–Trinajstić information content (AvgIpc) is 2.48. The van der Waals surface area contributed by atoms with Crippen molar-refractivity contribution in [3.63, 3.8) is 0 Å². The number of nitrogen functional groups attached to an aromatic ring is 1. The van der Waals surface area contributed by atoms with Crippen molar-refractivity contribution < 1.29 is 4.79 Å². The Morgan fingerprint density at radius 2 is 1.95 bits per heavy atom. The van der Waals surface area contributed by atoms with Crippen LogP contribution in [0.5, 0.6) is 0 Å². The van der Waals surface area contributed by atoms with Crippen molar-refractivity contribution in [3.8, 4) is 0 Å². The van der Waals surface area contributed by atoms with Crippen LogP contribution in [0.4, 0.5) is 5.69 Å². The van der Waals surface area contributed by atoms with E-state index in [-0.39, 0.29) is 5.91 Å². The van der Waals surface area contributed by atoms with Crippen LogP contribution in [0, 0.1) is 6.92 Å². The predicted octanol–water partition coefficient (Wildman–Crippen LogP) is 2.13. The number of nitrogens with zero attached hydrogens (tertiary/aromatic N) is 2. The minimum absolute atomic E-state index is 0.110. The third-order valence-electron chi connectivity index (χ3n) is 4.42. The number of rotatable bonds is 3. The van der Waals surface area contributed by atoms with E-state index in [9.17, 15) is 4.79 Å². The summed E-state index contributed by atoms with van der Waals surface area (Å²) >= 11 is 0. The zero-order valence-corrected chi connectivity index (χ0v) is 12.7. The maximum absolute atomic E-state index is 12.6. The highest BCUT2D eigenvalue weighted by Gasteiger charge is 2.25. The van der Waals surface area contributed by atoms with E-state index >= 15 is 0 Å². The van der Waals surface area contributed by atoms with Gasteiger partial charge in [-0.3, -0.25) is 9.69 Å². The molecule has 20 heavy (non-hydrogen) atoms. The number of amides is 1.